The minimum absolute atomic E-state index is 0.154. The van der Waals surface area contributed by atoms with Gasteiger partial charge in [-0.15, -0.1) is 0 Å². The second-order valence-corrected chi connectivity index (χ2v) is 5.10. The Kier molecular flexibility index (Phi) is 3.04. The van der Waals surface area contributed by atoms with Crippen molar-refractivity contribution >= 4 is 6.08 Å². The van der Waals surface area contributed by atoms with Gasteiger partial charge in [0.05, 0.1) is 0 Å². The topological polar surface area (TPSA) is 20.2 Å². The summed E-state index contributed by atoms with van der Waals surface area (Å²) in [7, 11) is 0. The van der Waals surface area contributed by atoms with Crippen LogP contribution in [0.15, 0.2) is 24.8 Å². The predicted molar refractivity (Wildman–Crippen MR) is 68.6 cm³/mol. The van der Waals surface area contributed by atoms with Crippen LogP contribution in [-0.2, 0) is 5.41 Å². The lowest BCUT2D eigenvalue weighted by molar-refractivity contribution is 0.308. The van der Waals surface area contributed by atoms with Crippen molar-refractivity contribution < 1.29 is 5.11 Å². The van der Waals surface area contributed by atoms with Crippen LogP contribution in [0, 0.1) is 0 Å². The van der Waals surface area contributed by atoms with Gasteiger partial charge < -0.3 is 5.11 Å². The molecule has 0 radical (unpaired) electrons. The molecule has 0 aliphatic heterocycles. The molecular weight excluding hydrogens is 196 g/mol. The maximum absolute atomic E-state index is 10.0. The summed E-state index contributed by atoms with van der Waals surface area (Å²) < 4.78 is 0. The quantitative estimate of drug-likeness (QED) is 0.783. The third kappa shape index (κ3) is 1.99. The summed E-state index contributed by atoms with van der Waals surface area (Å²) in [6.45, 7) is 6.06. The first-order chi connectivity index (χ1) is 7.65. The molecule has 0 spiro atoms. The Balaban J connectivity index is 2.40. The van der Waals surface area contributed by atoms with E-state index in [9.17, 15) is 5.11 Å². The molecule has 0 unspecified atom stereocenters. The minimum atomic E-state index is 0.154. The summed E-state index contributed by atoms with van der Waals surface area (Å²) in [6, 6.07) is 5.80. The van der Waals surface area contributed by atoms with E-state index < -0.39 is 0 Å². The SMILES string of the molecule is C=Cc1ccc(O)c(C2(C)CCCCC2)c1. The van der Waals surface area contributed by atoms with Gasteiger partial charge in [0.15, 0.2) is 0 Å². The number of phenolic OH excluding ortho intramolecular Hbond substituents is 1. The van der Waals surface area contributed by atoms with Crippen LogP contribution in [0.1, 0.15) is 50.2 Å². The van der Waals surface area contributed by atoms with Crippen LogP contribution in [0.3, 0.4) is 0 Å². The summed E-state index contributed by atoms with van der Waals surface area (Å²) in [5, 5.41) is 10.0. The van der Waals surface area contributed by atoms with Gasteiger partial charge in [-0.1, -0.05) is 44.9 Å². The molecule has 0 bridgehead atoms. The minimum Gasteiger partial charge on any atom is -0.508 e. The molecule has 1 nitrogen and oxygen atoms in total. The number of hydrogen-bond donors (Lipinski definition) is 1. The van der Waals surface area contributed by atoms with E-state index in [0.29, 0.717) is 5.75 Å². The van der Waals surface area contributed by atoms with Gasteiger partial charge in [-0.05, 0) is 36.0 Å². The van der Waals surface area contributed by atoms with Crippen molar-refractivity contribution in [3.8, 4) is 5.75 Å². The van der Waals surface area contributed by atoms with Crippen LogP contribution in [0.25, 0.3) is 6.08 Å². The number of benzene rings is 1. The number of phenols is 1. The lowest BCUT2D eigenvalue weighted by Gasteiger charge is -2.34. The fourth-order valence-electron chi connectivity index (χ4n) is 2.77. The molecule has 1 heteroatoms. The molecule has 1 fully saturated rings. The zero-order valence-corrected chi connectivity index (χ0v) is 10.00. The third-order valence-corrected chi connectivity index (χ3v) is 3.86. The number of hydrogen-bond acceptors (Lipinski definition) is 1. The van der Waals surface area contributed by atoms with Gasteiger partial charge in [0, 0.05) is 5.56 Å². The lowest BCUT2D eigenvalue weighted by atomic mass is 9.70. The fraction of sp³-hybridized carbons (Fsp3) is 0.467. The van der Waals surface area contributed by atoms with E-state index in [-0.39, 0.29) is 5.41 Å². The molecule has 16 heavy (non-hydrogen) atoms. The molecule has 1 aliphatic rings. The molecule has 1 aromatic rings. The Morgan fingerprint density at radius 1 is 1.25 bits per heavy atom. The van der Waals surface area contributed by atoms with Crippen molar-refractivity contribution in [1.82, 2.24) is 0 Å². The normalized spacial score (nSPS) is 19.3. The van der Waals surface area contributed by atoms with Crippen molar-refractivity contribution in [1.29, 1.82) is 0 Å². The summed E-state index contributed by atoms with van der Waals surface area (Å²) >= 11 is 0. The van der Waals surface area contributed by atoms with Gasteiger partial charge in [-0.3, -0.25) is 0 Å². The first-order valence-electron chi connectivity index (χ1n) is 6.12. The van der Waals surface area contributed by atoms with E-state index >= 15 is 0 Å². The van der Waals surface area contributed by atoms with Crippen LogP contribution in [0.4, 0.5) is 0 Å². The molecule has 1 N–H and O–H groups in total. The van der Waals surface area contributed by atoms with Crippen LogP contribution >= 0.6 is 0 Å². The van der Waals surface area contributed by atoms with Crippen LogP contribution in [0.2, 0.25) is 0 Å². The Hall–Kier alpha value is -1.24. The smallest absolute Gasteiger partial charge is 0.119 e. The van der Waals surface area contributed by atoms with Gasteiger partial charge in [-0.25, -0.2) is 0 Å². The maximum Gasteiger partial charge on any atom is 0.119 e. The molecule has 1 aromatic carbocycles. The van der Waals surface area contributed by atoms with Crippen LogP contribution in [0.5, 0.6) is 5.75 Å². The summed E-state index contributed by atoms with van der Waals surface area (Å²) in [5.41, 5.74) is 2.35. The Bertz CT molecular complexity index is 386. The highest BCUT2D eigenvalue weighted by molar-refractivity contribution is 5.53. The third-order valence-electron chi connectivity index (χ3n) is 3.86. The Morgan fingerprint density at radius 3 is 2.56 bits per heavy atom. The van der Waals surface area contributed by atoms with E-state index in [1.807, 2.05) is 12.1 Å². The van der Waals surface area contributed by atoms with Gasteiger partial charge in [0.25, 0.3) is 0 Å². The second kappa shape index (κ2) is 4.32. The summed E-state index contributed by atoms with van der Waals surface area (Å²) in [6.07, 6.45) is 8.08. The highest BCUT2D eigenvalue weighted by atomic mass is 16.3. The molecule has 1 aliphatic carbocycles. The predicted octanol–water partition coefficient (Wildman–Crippen LogP) is 4.26. The van der Waals surface area contributed by atoms with E-state index in [1.54, 1.807) is 6.07 Å². The molecule has 0 saturated heterocycles. The van der Waals surface area contributed by atoms with Crippen molar-refractivity contribution in [2.75, 3.05) is 0 Å². The van der Waals surface area contributed by atoms with E-state index in [0.717, 1.165) is 11.1 Å². The lowest BCUT2D eigenvalue weighted by Crippen LogP contribution is -2.25. The van der Waals surface area contributed by atoms with E-state index in [1.165, 1.54) is 32.1 Å². The molecule has 86 valence electrons. The molecular formula is C15H20O. The molecule has 1 saturated carbocycles. The number of aromatic hydroxyl groups is 1. The Morgan fingerprint density at radius 2 is 1.94 bits per heavy atom. The standard InChI is InChI=1S/C15H20O/c1-3-12-7-8-14(16)13(11-12)15(2)9-5-4-6-10-15/h3,7-8,11,16H,1,4-6,9-10H2,2H3. The average molecular weight is 216 g/mol. The first-order valence-corrected chi connectivity index (χ1v) is 6.12. The van der Waals surface area contributed by atoms with Crippen molar-refractivity contribution in [3.63, 3.8) is 0 Å². The second-order valence-electron chi connectivity index (χ2n) is 5.10. The average Bonchev–Trinajstić information content (AvgIpc) is 2.30. The first kappa shape index (κ1) is 11.3. The molecule has 0 amide bonds. The van der Waals surface area contributed by atoms with Crippen molar-refractivity contribution in [3.05, 3.63) is 35.9 Å². The molecule has 2 rings (SSSR count). The number of rotatable bonds is 2. The Labute approximate surface area is 97.8 Å². The van der Waals surface area contributed by atoms with Gasteiger partial charge >= 0.3 is 0 Å². The van der Waals surface area contributed by atoms with Gasteiger partial charge in [-0.2, -0.15) is 0 Å². The molecule has 0 atom stereocenters. The molecule has 0 heterocycles. The summed E-state index contributed by atoms with van der Waals surface area (Å²) in [5.74, 6) is 0.440. The highest BCUT2D eigenvalue weighted by Gasteiger charge is 2.30. The van der Waals surface area contributed by atoms with E-state index in [2.05, 4.69) is 19.6 Å². The van der Waals surface area contributed by atoms with Gasteiger partial charge in [0.2, 0.25) is 0 Å². The van der Waals surface area contributed by atoms with Gasteiger partial charge in [0.1, 0.15) is 5.75 Å². The largest absolute Gasteiger partial charge is 0.508 e. The summed E-state index contributed by atoms with van der Waals surface area (Å²) in [4.78, 5) is 0. The monoisotopic (exact) mass is 216 g/mol. The van der Waals surface area contributed by atoms with E-state index in [4.69, 9.17) is 0 Å². The van der Waals surface area contributed by atoms with Crippen LogP contribution in [-0.4, -0.2) is 5.11 Å². The van der Waals surface area contributed by atoms with Crippen LogP contribution < -0.4 is 0 Å². The fourth-order valence-corrected chi connectivity index (χ4v) is 2.77. The van der Waals surface area contributed by atoms with Crippen molar-refractivity contribution in [2.24, 2.45) is 0 Å². The molecule has 0 aromatic heterocycles. The maximum atomic E-state index is 10.0. The zero-order valence-electron chi connectivity index (χ0n) is 10.00. The highest BCUT2D eigenvalue weighted by Crippen LogP contribution is 2.42. The van der Waals surface area contributed by atoms with Crippen molar-refractivity contribution in [2.45, 2.75) is 44.4 Å². The zero-order chi connectivity index (χ0) is 11.6.